The highest BCUT2D eigenvalue weighted by Gasteiger charge is 2.34. The molecule has 3 N–H and O–H groups in total. The van der Waals surface area contributed by atoms with Gasteiger partial charge in [-0.1, -0.05) is 0 Å². The lowest BCUT2D eigenvalue weighted by atomic mass is 10.3. The van der Waals surface area contributed by atoms with Gasteiger partial charge in [0, 0.05) is 17.9 Å². The maximum absolute atomic E-state index is 12.4. The van der Waals surface area contributed by atoms with Gasteiger partial charge in [-0.2, -0.15) is 0 Å². The van der Waals surface area contributed by atoms with Crippen LogP contribution in [0.25, 0.3) is 0 Å². The molecular weight excluding hydrogens is 242 g/mol. The highest BCUT2D eigenvalue weighted by Crippen LogP contribution is 2.30. The molecule has 1 aliphatic carbocycles. The molecule has 0 saturated heterocycles. The van der Waals surface area contributed by atoms with Crippen molar-refractivity contribution in [3.8, 4) is 0 Å². The summed E-state index contributed by atoms with van der Waals surface area (Å²) in [5.74, 6) is 1.66. The molecule has 2 aromatic rings. The largest absolute Gasteiger partial charge is 0.464 e. The van der Waals surface area contributed by atoms with Gasteiger partial charge in [-0.15, -0.1) is 0 Å². The second kappa shape index (κ2) is 4.50. The number of furan rings is 1. The van der Waals surface area contributed by atoms with Crippen molar-refractivity contribution in [2.24, 2.45) is 0 Å². The molecule has 1 saturated carbocycles. The van der Waals surface area contributed by atoms with Gasteiger partial charge in [-0.3, -0.25) is 4.79 Å². The number of rotatable bonds is 4. The van der Waals surface area contributed by atoms with Gasteiger partial charge in [0.1, 0.15) is 17.2 Å². The van der Waals surface area contributed by atoms with E-state index in [2.05, 4.69) is 4.98 Å². The number of anilines is 1. The van der Waals surface area contributed by atoms with Crippen molar-refractivity contribution in [1.82, 2.24) is 9.88 Å². The smallest absolute Gasteiger partial charge is 0.271 e. The van der Waals surface area contributed by atoms with Crippen molar-refractivity contribution in [2.45, 2.75) is 32.4 Å². The molecule has 0 bridgehead atoms. The quantitative estimate of drug-likeness (QED) is 0.884. The molecule has 5 heteroatoms. The Morgan fingerprint density at radius 1 is 1.53 bits per heavy atom. The summed E-state index contributed by atoms with van der Waals surface area (Å²) in [5.41, 5.74) is 6.76. The Kier molecular flexibility index (Phi) is 2.81. The second-order valence-corrected chi connectivity index (χ2v) is 5.02. The van der Waals surface area contributed by atoms with Crippen LogP contribution in [0.5, 0.6) is 0 Å². The number of carbonyl (C=O) groups is 1. The van der Waals surface area contributed by atoms with Crippen molar-refractivity contribution < 1.29 is 9.21 Å². The number of hydrogen-bond donors (Lipinski definition) is 2. The number of nitrogens with zero attached hydrogens (tertiary/aromatic N) is 1. The van der Waals surface area contributed by atoms with Crippen LogP contribution in [0.1, 0.15) is 34.9 Å². The molecule has 1 amide bonds. The Balaban J connectivity index is 1.79. The molecule has 2 heterocycles. The van der Waals surface area contributed by atoms with Gasteiger partial charge in [0.15, 0.2) is 0 Å². The van der Waals surface area contributed by atoms with Crippen LogP contribution in [-0.4, -0.2) is 21.8 Å². The molecule has 0 spiro atoms. The third-order valence-electron chi connectivity index (χ3n) is 3.31. The Morgan fingerprint density at radius 2 is 2.32 bits per heavy atom. The van der Waals surface area contributed by atoms with Gasteiger partial charge < -0.3 is 20.0 Å². The van der Waals surface area contributed by atoms with E-state index in [0.29, 0.717) is 24.0 Å². The Labute approximate surface area is 111 Å². The third kappa shape index (κ3) is 2.50. The van der Waals surface area contributed by atoms with E-state index in [0.717, 1.165) is 24.4 Å². The fourth-order valence-electron chi connectivity index (χ4n) is 2.18. The molecule has 5 nitrogen and oxygen atoms in total. The van der Waals surface area contributed by atoms with E-state index in [-0.39, 0.29) is 5.91 Å². The zero-order valence-electron chi connectivity index (χ0n) is 10.8. The summed E-state index contributed by atoms with van der Waals surface area (Å²) in [6.45, 7) is 2.41. The summed E-state index contributed by atoms with van der Waals surface area (Å²) < 4.78 is 5.55. The molecule has 0 unspecified atom stereocenters. The molecule has 2 aromatic heterocycles. The van der Waals surface area contributed by atoms with Gasteiger partial charge in [-0.05, 0) is 38.0 Å². The number of aromatic nitrogens is 1. The number of nitrogens with two attached hydrogens (primary N) is 1. The number of aromatic amines is 1. The number of hydrogen-bond acceptors (Lipinski definition) is 3. The lowest BCUT2D eigenvalue weighted by Gasteiger charge is -2.20. The first-order valence-corrected chi connectivity index (χ1v) is 6.43. The minimum atomic E-state index is -0.0201. The second-order valence-electron chi connectivity index (χ2n) is 5.02. The van der Waals surface area contributed by atoms with Crippen LogP contribution in [0.3, 0.4) is 0 Å². The van der Waals surface area contributed by atoms with Crippen LogP contribution >= 0.6 is 0 Å². The topological polar surface area (TPSA) is 75.3 Å². The number of H-pyrrole nitrogens is 1. The van der Waals surface area contributed by atoms with Crippen molar-refractivity contribution in [1.29, 1.82) is 0 Å². The first kappa shape index (κ1) is 11.9. The van der Waals surface area contributed by atoms with Crippen molar-refractivity contribution in [3.05, 3.63) is 41.6 Å². The van der Waals surface area contributed by atoms with E-state index in [9.17, 15) is 4.79 Å². The average molecular weight is 259 g/mol. The van der Waals surface area contributed by atoms with Gasteiger partial charge >= 0.3 is 0 Å². The molecule has 0 radical (unpaired) electrons. The fourth-order valence-corrected chi connectivity index (χ4v) is 2.18. The molecule has 3 rings (SSSR count). The van der Waals surface area contributed by atoms with Crippen molar-refractivity contribution in [3.63, 3.8) is 0 Å². The van der Waals surface area contributed by atoms with E-state index >= 15 is 0 Å². The number of nitrogen functional groups attached to an aromatic ring is 1. The summed E-state index contributed by atoms with van der Waals surface area (Å²) in [4.78, 5) is 17.2. The minimum absolute atomic E-state index is 0.0201. The summed E-state index contributed by atoms with van der Waals surface area (Å²) in [7, 11) is 0. The number of carbonyl (C=O) groups excluding carboxylic acids is 1. The standard InChI is InChI=1S/C14H17N3O2/c1-9-2-5-12(19-9)8-17(11-3-4-11)14(18)13-6-10(15)7-16-13/h2,5-7,11,16H,3-4,8,15H2,1H3. The molecule has 100 valence electrons. The van der Waals surface area contributed by atoms with Crippen LogP contribution in [0.2, 0.25) is 0 Å². The van der Waals surface area contributed by atoms with Crippen molar-refractivity contribution in [2.75, 3.05) is 5.73 Å². The summed E-state index contributed by atoms with van der Waals surface area (Å²) in [6.07, 6.45) is 3.75. The van der Waals surface area contributed by atoms with E-state index in [1.165, 1.54) is 0 Å². The molecule has 1 aliphatic rings. The first-order valence-electron chi connectivity index (χ1n) is 6.43. The number of aryl methyl sites for hydroxylation is 1. The average Bonchev–Trinajstić information content (AvgIpc) is 3.00. The van der Waals surface area contributed by atoms with E-state index < -0.39 is 0 Å². The van der Waals surface area contributed by atoms with Gasteiger partial charge in [-0.25, -0.2) is 0 Å². The van der Waals surface area contributed by atoms with Crippen molar-refractivity contribution >= 4 is 11.6 Å². The van der Waals surface area contributed by atoms with E-state index in [1.54, 1.807) is 12.3 Å². The predicted octanol–water partition coefficient (Wildman–Crippen LogP) is 2.30. The highest BCUT2D eigenvalue weighted by atomic mass is 16.3. The normalized spacial score (nSPS) is 14.6. The van der Waals surface area contributed by atoms with E-state index in [4.69, 9.17) is 10.2 Å². The maximum atomic E-state index is 12.4. The molecular formula is C14H17N3O2. The molecule has 0 aliphatic heterocycles. The van der Waals surface area contributed by atoms with Crippen LogP contribution < -0.4 is 5.73 Å². The van der Waals surface area contributed by atoms with E-state index in [1.807, 2.05) is 24.0 Å². The fraction of sp³-hybridized carbons (Fsp3) is 0.357. The van der Waals surface area contributed by atoms with Gasteiger partial charge in [0.25, 0.3) is 5.91 Å². The first-order chi connectivity index (χ1) is 9.13. The molecule has 0 atom stereocenters. The zero-order chi connectivity index (χ0) is 13.4. The molecule has 0 aromatic carbocycles. The van der Waals surface area contributed by atoms with Crippen LogP contribution in [0.15, 0.2) is 28.8 Å². The molecule has 1 fully saturated rings. The zero-order valence-corrected chi connectivity index (χ0v) is 10.8. The Morgan fingerprint density at radius 3 is 2.84 bits per heavy atom. The number of nitrogens with one attached hydrogen (secondary N) is 1. The van der Waals surface area contributed by atoms with Gasteiger partial charge in [0.05, 0.1) is 6.54 Å². The lowest BCUT2D eigenvalue weighted by molar-refractivity contribution is 0.0711. The van der Waals surface area contributed by atoms with Crippen LogP contribution in [0, 0.1) is 6.92 Å². The van der Waals surface area contributed by atoms with Crippen LogP contribution in [-0.2, 0) is 6.54 Å². The summed E-state index contributed by atoms with van der Waals surface area (Å²) >= 11 is 0. The summed E-state index contributed by atoms with van der Waals surface area (Å²) in [5, 5.41) is 0. The predicted molar refractivity (Wildman–Crippen MR) is 71.5 cm³/mol. The van der Waals surface area contributed by atoms with Gasteiger partial charge in [0.2, 0.25) is 0 Å². The Hall–Kier alpha value is -2.17. The monoisotopic (exact) mass is 259 g/mol. The Bertz CT molecular complexity index is 595. The highest BCUT2D eigenvalue weighted by molar-refractivity contribution is 5.93. The molecule has 19 heavy (non-hydrogen) atoms. The third-order valence-corrected chi connectivity index (χ3v) is 3.31. The lowest BCUT2D eigenvalue weighted by Crippen LogP contribution is -2.32. The SMILES string of the molecule is Cc1ccc(CN(C(=O)c2cc(N)c[nH]2)C2CC2)o1. The van der Waals surface area contributed by atoms with Crippen LogP contribution in [0.4, 0.5) is 5.69 Å². The maximum Gasteiger partial charge on any atom is 0.271 e. The minimum Gasteiger partial charge on any atom is -0.464 e. The number of amides is 1. The summed E-state index contributed by atoms with van der Waals surface area (Å²) in [6, 6.07) is 5.83.